The van der Waals surface area contributed by atoms with Gasteiger partial charge in [-0.05, 0) is 43.5 Å². The van der Waals surface area contributed by atoms with Gasteiger partial charge in [-0.15, -0.1) is 0 Å². The van der Waals surface area contributed by atoms with Crippen molar-refractivity contribution in [3.63, 3.8) is 0 Å². The van der Waals surface area contributed by atoms with Crippen LogP contribution in [0.15, 0.2) is 72.8 Å². The Bertz CT molecular complexity index is 1420. The molecule has 0 aliphatic heterocycles. The second-order valence-corrected chi connectivity index (χ2v) is 12.6. The summed E-state index contributed by atoms with van der Waals surface area (Å²) in [6.07, 6.45) is 1.96. The molecule has 3 aromatic rings. The highest BCUT2D eigenvalue weighted by molar-refractivity contribution is 7.92. The van der Waals surface area contributed by atoms with Crippen molar-refractivity contribution in [1.29, 1.82) is 0 Å². The van der Waals surface area contributed by atoms with Crippen molar-refractivity contribution in [3.8, 4) is 0 Å². The molecule has 3 rings (SSSR count). The molecule has 40 heavy (non-hydrogen) atoms. The Morgan fingerprint density at radius 3 is 2.17 bits per heavy atom. The number of nitrogens with one attached hydrogen (secondary N) is 1. The molecule has 0 fully saturated rings. The van der Waals surface area contributed by atoms with Crippen LogP contribution in [0.5, 0.6) is 0 Å². The van der Waals surface area contributed by atoms with E-state index in [4.69, 9.17) is 23.2 Å². The molecule has 0 saturated carbocycles. The molecule has 2 atom stereocenters. The van der Waals surface area contributed by atoms with E-state index < -0.39 is 28.5 Å². The maximum atomic E-state index is 14.1. The van der Waals surface area contributed by atoms with Crippen molar-refractivity contribution in [2.24, 2.45) is 0 Å². The van der Waals surface area contributed by atoms with Gasteiger partial charge in [0.2, 0.25) is 21.8 Å². The molecule has 1 N–H and O–H groups in total. The van der Waals surface area contributed by atoms with Gasteiger partial charge in [0.05, 0.1) is 22.0 Å². The monoisotopic (exact) mass is 603 g/mol. The molecule has 10 heteroatoms. The quantitative estimate of drug-likeness (QED) is 0.291. The minimum Gasteiger partial charge on any atom is -0.352 e. The molecule has 0 bridgehead atoms. The van der Waals surface area contributed by atoms with E-state index in [1.807, 2.05) is 75.4 Å². The Morgan fingerprint density at radius 2 is 1.57 bits per heavy atom. The first-order valence-electron chi connectivity index (χ1n) is 13.0. The van der Waals surface area contributed by atoms with Crippen molar-refractivity contribution < 1.29 is 18.0 Å². The van der Waals surface area contributed by atoms with Crippen molar-refractivity contribution in [3.05, 3.63) is 99.5 Å². The van der Waals surface area contributed by atoms with Crippen molar-refractivity contribution in [2.75, 3.05) is 17.1 Å². The van der Waals surface area contributed by atoms with Crippen LogP contribution in [0.4, 0.5) is 5.69 Å². The van der Waals surface area contributed by atoms with Crippen LogP contribution in [-0.4, -0.2) is 50.0 Å². The third kappa shape index (κ3) is 8.46. The lowest BCUT2D eigenvalue weighted by Crippen LogP contribution is -2.54. The highest BCUT2D eigenvalue weighted by Crippen LogP contribution is 2.34. The van der Waals surface area contributed by atoms with Crippen LogP contribution >= 0.6 is 23.2 Å². The van der Waals surface area contributed by atoms with Gasteiger partial charge in [-0.25, -0.2) is 8.42 Å². The number of rotatable bonds is 12. The van der Waals surface area contributed by atoms with Gasteiger partial charge in [0.1, 0.15) is 12.6 Å². The van der Waals surface area contributed by atoms with Crippen LogP contribution in [0.1, 0.15) is 37.0 Å². The van der Waals surface area contributed by atoms with Crippen molar-refractivity contribution >= 4 is 50.7 Å². The maximum Gasteiger partial charge on any atom is 0.244 e. The fourth-order valence-electron chi connectivity index (χ4n) is 4.17. The molecular weight excluding hydrogens is 569 g/mol. The van der Waals surface area contributed by atoms with Gasteiger partial charge in [0.25, 0.3) is 0 Å². The van der Waals surface area contributed by atoms with Gasteiger partial charge in [-0.1, -0.05) is 96.4 Å². The zero-order chi connectivity index (χ0) is 29.4. The van der Waals surface area contributed by atoms with Gasteiger partial charge < -0.3 is 10.2 Å². The summed E-state index contributed by atoms with van der Waals surface area (Å²) in [5, 5.41) is 3.18. The Labute approximate surface area is 247 Å². The van der Waals surface area contributed by atoms with E-state index in [0.29, 0.717) is 6.42 Å². The van der Waals surface area contributed by atoms with Crippen LogP contribution in [0.2, 0.25) is 10.0 Å². The predicted octanol–water partition coefficient (Wildman–Crippen LogP) is 5.62. The van der Waals surface area contributed by atoms with Crippen LogP contribution < -0.4 is 9.62 Å². The average molecular weight is 605 g/mol. The Kier molecular flexibility index (Phi) is 11.0. The lowest BCUT2D eigenvalue weighted by molar-refractivity contribution is -0.140. The van der Waals surface area contributed by atoms with Crippen molar-refractivity contribution in [2.45, 2.75) is 52.2 Å². The number of sulfonamides is 1. The fraction of sp³-hybridized carbons (Fsp3) is 0.333. The van der Waals surface area contributed by atoms with Crippen LogP contribution in [0.3, 0.4) is 0 Å². The number of benzene rings is 3. The topological polar surface area (TPSA) is 86.8 Å². The van der Waals surface area contributed by atoms with Crippen molar-refractivity contribution in [1.82, 2.24) is 10.2 Å². The minimum absolute atomic E-state index is 0.0165. The number of anilines is 1. The average Bonchev–Trinajstić information content (AvgIpc) is 2.91. The molecule has 0 aliphatic carbocycles. The summed E-state index contributed by atoms with van der Waals surface area (Å²) in [5.74, 6) is -0.868. The summed E-state index contributed by atoms with van der Waals surface area (Å²) in [6.45, 7) is 5.36. The molecule has 214 valence electrons. The first kappa shape index (κ1) is 31.5. The van der Waals surface area contributed by atoms with E-state index in [-0.39, 0.29) is 40.6 Å². The fourth-order valence-corrected chi connectivity index (χ4v) is 5.47. The number of aryl methyl sites for hydroxylation is 1. The molecule has 0 aliphatic rings. The molecule has 0 aromatic heterocycles. The number of carbonyl (C=O) groups excluding carboxylic acids is 2. The zero-order valence-corrected chi connectivity index (χ0v) is 25.4. The minimum atomic E-state index is -3.95. The Morgan fingerprint density at radius 1 is 0.925 bits per heavy atom. The SMILES string of the molecule is CC[C@H](C)NC(=O)[C@@H](Cc1ccccc1)N(Cc1ccc(C)cc1)C(=O)CN(c1cccc(Cl)c1Cl)S(C)(=O)=O. The molecule has 0 spiro atoms. The molecule has 2 amide bonds. The largest absolute Gasteiger partial charge is 0.352 e. The summed E-state index contributed by atoms with van der Waals surface area (Å²) in [5.41, 5.74) is 2.81. The van der Waals surface area contributed by atoms with Gasteiger partial charge in [0.15, 0.2) is 0 Å². The Hall–Kier alpha value is -3.07. The third-order valence-corrected chi connectivity index (χ3v) is 8.56. The van der Waals surface area contributed by atoms with Crippen LogP contribution in [-0.2, 0) is 32.6 Å². The first-order valence-corrected chi connectivity index (χ1v) is 15.6. The van der Waals surface area contributed by atoms with E-state index in [1.54, 1.807) is 6.07 Å². The van der Waals surface area contributed by atoms with E-state index in [0.717, 1.165) is 27.3 Å². The number of halogens is 2. The molecule has 0 saturated heterocycles. The molecule has 0 radical (unpaired) electrons. The standard InChI is InChI=1S/C30H35Cl2N3O4S/c1-5-22(3)33-30(37)27(18-23-10-7-6-8-11-23)34(19-24-16-14-21(2)15-17-24)28(36)20-35(40(4,38)39)26-13-9-12-25(31)29(26)32/h6-17,22,27H,5,18-20H2,1-4H3,(H,33,37)/t22-,27+/m0/s1. The highest BCUT2D eigenvalue weighted by Gasteiger charge is 2.34. The number of hydrogen-bond acceptors (Lipinski definition) is 4. The summed E-state index contributed by atoms with van der Waals surface area (Å²) < 4.78 is 26.7. The normalized spacial score (nSPS) is 12.8. The molecule has 7 nitrogen and oxygen atoms in total. The van der Waals surface area contributed by atoms with Gasteiger partial charge in [-0.2, -0.15) is 0 Å². The second kappa shape index (κ2) is 14.0. The number of amides is 2. The zero-order valence-electron chi connectivity index (χ0n) is 23.1. The summed E-state index contributed by atoms with van der Waals surface area (Å²) in [7, 11) is -3.95. The summed E-state index contributed by atoms with van der Waals surface area (Å²) in [4.78, 5) is 29.2. The number of nitrogens with zero attached hydrogens (tertiary/aromatic N) is 2. The van der Waals surface area contributed by atoms with Gasteiger partial charge in [0, 0.05) is 19.0 Å². The lowest BCUT2D eigenvalue weighted by Gasteiger charge is -2.34. The third-order valence-electron chi connectivity index (χ3n) is 6.62. The summed E-state index contributed by atoms with van der Waals surface area (Å²) >= 11 is 12.5. The first-order chi connectivity index (χ1) is 18.9. The maximum absolute atomic E-state index is 14.1. The lowest BCUT2D eigenvalue weighted by atomic mass is 10.0. The number of carbonyl (C=O) groups is 2. The second-order valence-electron chi connectivity index (χ2n) is 9.87. The van der Waals surface area contributed by atoms with Gasteiger partial charge in [-0.3, -0.25) is 13.9 Å². The van der Waals surface area contributed by atoms with E-state index in [2.05, 4.69) is 5.32 Å². The van der Waals surface area contributed by atoms with E-state index >= 15 is 0 Å². The van der Waals surface area contributed by atoms with Crippen LogP contribution in [0.25, 0.3) is 0 Å². The molecular formula is C30H35Cl2N3O4S. The van der Waals surface area contributed by atoms with E-state index in [9.17, 15) is 18.0 Å². The highest BCUT2D eigenvalue weighted by atomic mass is 35.5. The van der Waals surface area contributed by atoms with Crippen LogP contribution in [0, 0.1) is 6.92 Å². The van der Waals surface area contributed by atoms with Gasteiger partial charge >= 0.3 is 0 Å². The molecule has 0 unspecified atom stereocenters. The smallest absolute Gasteiger partial charge is 0.244 e. The molecule has 0 heterocycles. The summed E-state index contributed by atoms with van der Waals surface area (Å²) in [6, 6.07) is 20.6. The number of hydrogen-bond donors (Lipinski definition) is 1. The van der Waals surface area contributed by atoms with E-state index in [1.165, 1.54) is 17.0 Å². The predicted molar refractivity (Wildman–Crippen MR) is 162 cm³/mol. The Balaban J connectivity index is 2.08. The molecule has 3 aromatic carbocycles.